The Morgan fingerprint density at radius 3 is 2.60 bits per heavy atom. The van der Waals surface area contributed by atoms with Gasteiger partial charge in [-0.25, -0.2) is 9.37 Å². The summed E-state index contributed by atoms with van der Waals surface area (Å²) in [5.74, 6) is -1.91. The number of thiazole rings is 1. The molecule has 2 aromatic heterocycles. The highest BCUT2D eigenvalue weighted by atomic mass is 32.1. The maximum atomic E-state index is 13.0. The lowest BCUT2D eigenvalue weighted by Gasteiger charge is -2.14. The molecule has 1 amide bonds. The van der Waals surface area contributed by atoms with Gasteiger partial charge in [-0.15, -0.1) is 22.7 Å². The summed E-state index contributed by atoms with van der Waals surface area (Å²) in [6.07, 6.45) is -1.34. The van der Waals surface area contributed by atoms with Gasteiger partial charge in [0.25, 0.3) is 5.91 Å². The third kappa shape index (κ3) is 4.28. The van der Waals surface area contributed by atoms with Crippen molar-refractivity contribution in [2.45, 2.75) is 12.5 Å². The molecule has 0 saturated carbocycles. The lowest BCUT2D eigenvalue weighted by Crippen LogP contribution is -2.26. The first-order chi connectivity index (χ1) is 12.0. The van der Waals surface area contributed by atoms with Crippen molar-refractivity contribution in [2.75, 3.05) is 0 Å². The fourth-order valence-corrected chi connectivity index (χ4v) is 3.78. The summed E-state index contributed by atoms with van der Waals surface area (Å²) in [6, 6.07) is 8.93. The lowest BCUT2D eigenvalue weighted by atomic mass is 10.1. The quantitative estimate of drug-likeness (QED) is 0.669. The second kappa shape index (κ2) is 7.54. The molecule has 1 atom stereocenters. The molecule has 3 rings (SSSR count). The molecule has 0 saturated heterocycles. The van der Waals surface area contributed by atoms with Crippen molar-refractivity contribution in [3.63, 3.8) is 0 Å². The van der Waals surface area contributed by atoms with Gasteiger partial charge in [0.15, 0.2) is 0 Å². The van der Waals surface area contributed by atoms with Crippen molar-refractivity contribution < 1.29 is 18.7 Å². The predicted molar refractivity (Wildman–Crippen MR) is 93.6 cm³/mol. The molecule has 5 nitrogen and oxygen atoms in total. The average molecular weight is 376 g/mol. The summed E-state index contributed by atoms with van der Waals surface area (Å²) in [5, 5.41) is 4.54. The van der Waals surface area contributed by atoms with E-state index in [1.807, 2.05) is 17.5 Å². The first-order valence-corrected chi connectivity index (χ1v) is 9.01. The van der Waals surface area contributed by atoms with Gasteiger partial charge in [0.2, 0.25) is 6.10 Å². The van der Waals surface area contributed by atoms with E-state index in [4.69, 9.17) is 10.5 Å². The second-order valence-electron chi connectivity index (χ2n) is 5.12. The summed E-state index contributed by atoms with van der Waals surface area (Å²) in [6.45, 7) is 0. The number of nitrogens with zero attached hydrogens (tertiary/aromatic N) is 1. The third-order valence-electron chi connectivity index (χ3n) is 3.29. The number of benzene rings is 1. The second-order valence-corrected chi connectivity index (χ2v) is 6.93. The van der Waals surface area contributed by atoms with Crippen molar-refractivity contribution in [2.24, 2.45) is 5.73 Å². The first-order valence-electron chi connectivity index (χ1n) is 7.25. The topological polar surface area (TPSA) is 82.3 Å². The van der Waals surface area contributed by atoms with Crippen LogP contribution in [0.3, 0.4) is 0 Å². The number of hydrogen-bond acceptors (Lipinski definition) is 6. The molecule has 3 aromatic rings. The number of halogens is 1. The molecule has 1 aromatic carbocycles. The van der Waals surface area contributed by atoms with Crippen molar-refractivity contribution >= 4 is 34.6 Å². The molecule has 0 bridgehead atoms. The number of amides is 1. The largest absolute Gasteiger partial charge is 0.447 e. The van der Waals surface area contributed by atoms with Gasteiger partial charge in [-0.3, -0.25) is 9.59 Å². The van der Waals surface area contributed by atoms with E-state index < -0.39 is 23.8 Å². The zero-order valence-electron chi connectivity index (χ0n) is 12.8. The van der Waals surface area contributed by atoms with Crippen LogP contribution in [0.4, 0.5) is 4.39 Å². The Kier molecular flexibility index (Phi) is 5.20. The van der Waals surface area contributed by atoms with E-state index in [1.54, 1.807) is 16.7 Å². The number of carbonyl (C=O) groups excluding carboxylic acids is 2. The van der Waals surface area contributed by atoms with Crippen LogP contribution in [0.2, 0.25) is 0 Å². The Morgan fingerprint density at radius 2 is 1.96 bits per heavy atom. The van der Waals surface area contributed by atoms with Gasteiger partial charge >= 0.3 is 5.97 Å². The Morgan fingerprint density at radius 1 is 1.20 bits per heavy atom. The normalized spacial score (nSPS) is 11.9. The molecule has 0 spiro atoms. The molecule has 0 aliphatic carbocycles. The fourth-order valence-electron chi connectivity index (χ4n) is 2.15. The first kappa shape index (κ1) is 17.2. The van der Waals surface area contributed by atoms with Crippen LogP contribution in [-0.2, 0) is 20.7 Å². The van der Waals surface area contributed by atoms with Gasteiger partial charge in [0.05, 0.1) is 17.0 Å². The minimum atomic E-state index is -1.26. The highest BCUT2D eigenvalue weighted by Gasteiger charge is 2.23. The van der Waals surface area contributed by atoms with Gasteiger partial charge in [-0.1, -0.05) is 18.2 Å². The lowest BCUT2D eigenvalue weighted by molar-refractivity contribution is -0.154. The van der Waals surface area contributed by atoms with Crippen LogP contribution in [0.25, 0.3) is 9.88 Å². The number of aromatic nitrogens is 1. The van der Waals surface area contributed by atoms with E-state index >= 15 is 0 Å². The van der Waals surface area contributed by atoms with Crippen molar-refractivity contribution in [3.8, 4) is 9.88 Å². The van der Waals surface area contributed by atoms with Crippen LogP contribution in [0, 0.1) is 5.82 Å². The van der Waals surface area contributed by atoms with Gasteiger partial charge in [-0.2, -0.15) is 0 Å². The number of rotatable bonds is 6. The van der Waals surface area contributed by atoms with Crippen LogP contribution in [0.5, 0.6) is 0 Å². The Hall–Kier alpha value is -2.58. The van der Waals surface area contributed by atoms with Gasteiger partial charge in [-0.05, 0) is 23.6 Å². The molecular formula is C17H13FN2O3S2. The third-order valence-corrected chi connectivity index (χ3v) is 5.22. The monoisotopic (exact) mass is 376 g/mol. The Labute approximate surface area is 150 Å². The van der Waals surface area contributed by atoms with E-state index in [2.05, 4.69) is 4.98 Å². The number of thiophene rings is 1. The molecule has 2 N–H and O–H groups in total. The molecule has 25 heavy (non-hydrogen) atoms. The van der Waals surface area contributed by atoms with Crippen LogP contribution in [-0.4, -0.2) is 16.9 Å². The maximum absolute atomic E-state index is 13.0. The zero-order chi connectivity index (χ0) is 17.8. The maximum Gasteiger partial charge on any atom is 0.313 e. The molecular weight excluding hydrogens is 363 g/mol. The van der Waals surface area contributed by atoms with Crippen LogP contribution >= 0.6 is 22.7 Å². The van der Waals surface area contributed by atoms with Crippen LogP contribution < -0.4 is 5.73 Å². The van der Waals surface area contributed by atoms with E-state index in [0.29, 0.717) is 11.3 Å². The molecule has 1 unspecified atom stereocenters. The molecule has 0 fully saturated rings. The molecule has 0 aliphatic rings. The summed E-state index contributed by atoms with van der Waals surface area (Å²) in [7, 11) is 0. The van der Waals surface area contributed by atoms with Gasteiger partial charge < -0.3 is 10.5 Å². The van der Waals surface area contributed by atoms with E-state index in [0.717, 1.165) is 9.88 Å². The average Bonchev–Trinajstić information content (AvgIpc) is 3.24. The van der Waals surface area contributed by atoms with E-state index in [1.165, 1.54) is 35.6 Å². The SMILES string of the molecule is NC(=O)C(OC(=O)Cc1csc(-c2cccs2)n1)c1ccc(F)cc1. The van der Waals surface area contributed by atoms with Gasteiger partial charge in [0, 0.05) is 10.9 Å². The minimum absolute atomic E-state index is 0.0765. The summed E-state index contributed by atoms with van der Waals surface area (Å²) >= 11 is 2.99. The van der Waals surface area contributed by atoms with Crippen molar-refractivity contribution in [1.82, 2.24) is 4.98 Å². The number of primary amides is 1. The molecule has 128 valence electrons. The zero-order valence-corrected chi connectivity index (χ0v) is 14.5. The van der Waals surface area contributed by atoms with Crippen molar-refractivity contribution in [1.29, 1.82) is 0 Å². The number of carbonyl (C=O) groups is 2. The number of esters is 1. The number of nitrogens with two attached hydrogens (primary N) is 1. The number of ether oxygens (including phenoxy) is 1. The van der Waals surface area contributed by atoms with Crippen LogP contribution in [0.1, 0.15) is 17.4 Å². The molecule has 0 radical (unpaired) electrons. The summed E-state index contributed by atoms with van der Waals surface area (Å²) in [4.78, 5) is 29.1. The highest BCUT2D eigenvalue weighted by molar-refractivity contribution is 7.20. The molecule has 8 heteroatoms. The Bertz CT molecular complexity index is 876. The summed E-state index contributed by atoms with van der Waals surface area (Å²) < 4.78 is 18.2. The van der Waals surface area contributed by atoms with Crippen LogP contribution in [0.15, 0.2) is 47.2 Å². The molecule has 0 aliphatic heterocycles. The standard InChI is InChI=1S/C17H13FN2O3S2/c18-11-5-3-10(4-6-11)15(16(19)22)23-14(21)8-12-9-25-17(20-12)13-2-1-7-24-13/h1-7,9,15H,8H2,(H2,19,22). The Balaban J connectivity index is 1.68. The predicted octanol–water partition coefficient (Wildman–Crippen LogP) is 3.32. The fraction of sp³-hybridized carbons (Fsp3) is 0.118. The summed E-state index contributed by atoms with van der Waals surface area (Å²) in [5.41, 5.74) is 6.17. The highest BCUT2D eigenvalue weighted by Crippen LogP contribution is 2.28. The van der Waals surface area contributed by atoms with Gasteiger partial charge in [0.1, 0.15) is 10.8 Å². The van der Waals surface area contributed by atoms with E-state index in [9.17, 15) is 14.0 Å². The molecule has 2 heterocycles. The minimum Gasteiger partial charge on any atom is -0.447 e. The van der Waals surface area contributed by atoms with Crippen molar-refractivity contribution in [3.05, 3.63) is 64.2 Å². The van der Waals surface area contributed by atoms with E-state index in [-0.39, 0.29) is 6.42 Å². The smallest absolute Gasteiger partial charge is 0.313 e. The number of hydrogen-bond donors (Lipinski definition) is 1.